The first kappa shape index (κ1) is 23.0. The lowest BCUT2D eigenvalue weighted by atomic mass is 9.72. The molecule has 0 bridgehead atoms. The lowest BCUT2D eigenvalue weighted by Gasteiger charge is -2.33. The minimum absolute atomic E-state index is 0.0784. The Morgan fingerprint density at radius 2 is 2.16 bits per heavy atom. The quantitative estimate of drug-likeness (QED) is 0.366. The predicted octanol–water partition coefficient (Wildman–Crippen LogP) is 7.24. The van der Waals surface area contributed by atoms with E-state index in [2.05, 4.69) is 61.1 Å². The summed E-state index contributed by atoms with van der Waals surface area (Å²) in [7, 11) is 0. The first-order chi connectivity index (χ1) is 15.2. The fourth-order valence-electron chi connectivity index (χ4n) is 4.13. The lowest BCUT2D eigenvalue weighted by Crippen LogP contribution is -2.28. The largest absolute Gasteiger partial charge is 0.467 e. The monoisotopic (exact) mass is 512 g/mol. The molecule has 1 amide bonds. The maximum absolute atomic E-state index is 13.3. The van der Waals surface area contributed by atoms with Gasteiger partial charge in [0.05, 0.1) is 18.4 Å². The second kappa shape index (κ2) is 9.36. The highest BCUT2D eigenvalue weighted by molar-refractivity contribution is 9.10. The molecule has 2 heterocycles. The molecule has 168 valence electrons. The van der Waals surface area contributed by atoms with Gasteiger partial charge in [0, 0.05) is 15.6 Å². The molecule has 6 heteroatoms. The maximum atomic E-state index is 13.3. The zero-order valence-electron chi connectivity index (χ0n) is 19.0. The van der Waals surface area contributed by atoms with Crippen LogP contribution in [-0.2, 0) is 19.4 Å². The van der Waals surface area contributed by atoms with Crippen molar-refractivity contribution >= 4 is 44.4 Å². The van der Waals surface area contributed by atoms with Gasteiger partial charge in [-0.15, -0.1) is 11.3 Å². The van der Waals surface area contributed by atoms with Gasteiger partial charge in [-0.3, -0.25) is 4.79 Å². The Hall–Kier alpha value is -2.18. The number of nitrogens with one attached hydrogen (secondary N) is 1. The van der Waals surface area contributed by atoms with E-state index in [9.17, 15) is 4.79 Å². The highest BCUT2D eigenvalue weighted by Gasteiger charge is 2.33. The van der Waals surface area contributed by atoms with E-state index in [1.807, 2.05) is 24.4 Å². The SMILES string of the molecule is Cc1ccc(C=Nc2sc3c(c2C(=O)NCc2ccco2)CC[C@@H](C(C)(C)C)C3)cc1Br. The molecule has 0 aliphatic heterocycles. The zero-order chi connectivity index (χ0) is 22.9. The molecule has 32 heavy (non-hydrogen) atoms. The van der Waals surface area contributed by atoms with E-state index in [1.54, 1.807) is 17.6 Å². The van der Waals surface area contributed by atoms with Crippen LogP contribution in [0.2, 0.25) is 0 Å². The first-order valence-electron chi connectivity index (χ1n) is 11.0. The predicted molar refractivity (Wildman–Crippen MR) is 135 cm³/mol. The maximum Gasteiger partial charge on any atom is 0.255 e. The number of amides is 1. The molecule has 0 spiro atoms. The number of furan rings is 1. The molecule has 1 atom stereocenters. The molecule has 1 aliphatic carbocycles. The highest BCUT2D eigenvalue weighted by Crippen LogP contribution is 2.45. The minimum atomic E-state index is -0.0784. The summed E-state index contributed by atoms with van der Waals surface area (Å²) in [6.07, 6.45) is 6.50. The highest BCUT2D eigenvalue weighted by atomic mass is 79.9. The van der Waals surface area contributed by atoms with Crippen molar-refractivity contribution in [2.45, 2.75) is 53.5 Å². The molecule has 0 unspecified atom stereocenters. The Morgan fingerprint density at radius 3 is 2.84 bits per heavy atom. The van der Waals surface area contributed by atoms with Crippen LogP contribution in [0.4, 0.5) is 5.00 Å². The summed E-state index contributed by atoms with van der Waals surface area (Å²) in [5.74, 6) is 1.27. The van der Waals surface area contributed by atoms with Crippen LogP contribution >= 0.6 is 27.3 Å². The van der Waals surface area contributed by atoms with Crippen molar-refractivity contribution in [1.82, 2.24) is 5.32 Å². The Kier molecular flexibility index (Phi) is 6.72. The van der Waals surface area contributed by atoms with E-state index < -0.39 is 0 Å². The van der Waals surface area contributed by atoms with Crippen molar-refractivity contribution in [3.05, 3.63) is 74.0 Å². The number of halogens is 1. The van der Waals surface area contributed by atoms with Gasteiger partial charge < -0.3 is 9.73 Å². The molecule has 0 fully saturated rings. The van der Waals surface area contributed by atoms with Gasteiger partial charge in [-0.1, -0.05) is 48.8 Å². The van der Waals surface area contributed by atoms with Gasteiger partial charge >= 0.3 is 0 Å². The van der Waals surface area contributed by atoms with Crippen molar-refractivity contribution in [2.75, 3.05) is 0 Å². The van der Waals surface area contributed by atoms with Gasteiger partial charge in [0.15, 0.2) is 0 Å². The van der Waals surface area contributed by atoms with E-state index in [0.29, 0.717) is 12.5 Å². The number of aliphatic imine (C=N–C) groups is 1. The number of nitrogens with zero attached hydrogens (tertiary/aromatic N) is 1. The number of carbonyl (C=O) groups excluding carboxylic acids is 1. The number of aryl methyl sites for hydroxylation is 1. The Morgan fingerprint density at radius 1 is 1.34 bits per heavy atom. The third-order valence-electron chi connectivity index (χ3n) is 6.23. The van der Waals surface area contributed by atoms with Crippen LogP contribution in [0.15, 0.2) is 50.5 Å². The van der Waals surface area contributed by atoms with Gasteiger partial charge in [-0.25, -0.2) is 4.99 Å². The first-order valence-corrected chi connectivity index (χ1v) is 12.6. The number of rotatable bonds is 5. The molecule has 1 aromatic carbocycles. The summed E-state index contributed by atoms with van der Waals surface area (Å²) in [6, 6.07) is 9.86. The smallest absolute Gasteiger partial charge is 0.255 e. The third kappa shape index (κ3) is 5.07. The molecular weight excluding hydrogens is 484 g/mol. The zero-order valence-corrected chi connectivity index (χ0v) is 21.4. The molecule has 4 rings (SSSR count). The fraction of sp³-hybridized carbons (Fsp3) is 0.385. The van der Waals surface area contributed by atoms with Crippen molar-refractivity contribution < 1.29 is 9.21 Å². The van der Waals surface area contributed by atoms with E-state index in [1.165, 1.54) is 16.0 Å². The number of benzene rings is 1. The summed E-state index contributed by atoms with van der Waals surface area (Å²) in [5, 5.41) is 3.82. The summed E-state index contributed by atoms with van der Waals surface area (Å²) < 4.78 is 6.43. The lowest BCUT2D eigenvalue weighted by molar-refractivity contribution is 0.0947. The topological polar surface area (TPSA) is 54.6 Å². The number of thiophene rings is 1. The molecule has 0 radical (unpaired) electrons. The van der Waals surface area contributed by atoms with Gasteiger partial charge in [-0.2, -0.15) is 0 Å². The summed E-state index contributed by atoms with van der Waals surface area (Å²) >= 11 is 5.25. The van der Waals surface area contributed by atoms with Gasteiger partial charge in [0.1, 0.15) is 10.8 Å². The molecule has 4 nitrogen and oxygen atoms in total. The second-order valence-electron chi connectivity index (χ2n) is 9.52. The molecule has 1 N–H and O–H groups in total. The van der Waals surface area contributed by atoms with Gasteiger partial charge in [0.2, 0.25) is 0 Å². The summed E-state index contributed by atoms with van der Waals surface area (Å²) in [5.41, 5.74) is 4.33. The summed E-state index contributed by atoms with van der Waals surface area (Å²) in [6.45, 7) is 9.35. The fourth-order valence-corrected chi connectivity index (χ4v) is 5.79. The van der Waals surface area contributed by atoms with Crippen molar-refractivity contribution in [1.29, 1.82) is 0 Å². The molecule has 2 aromatic heterocycles. The number of carbonyl (C=O) groups is 1. The Bertz CT molecular complexity index is 1140. The van der Waals surface area contributed by atoms with Crippen LogP contribution in [0.25, 0.3) is 0 Å². The second-order valence-corrected chi connectivity index (χ2v) is 11.5. The van der Waals surface area contributed by atoms with Crippen LogP contribution in [0.1, 0.15) is 64.9 Å². The van der Waals surface area contributed by atoms with E-state index >= 15 is 0 Å². The molecule has 3 aromatic rings. The molecule has 1 aliphatic rings. The molecular formula is C26H29BrN2O2S. The van der Waals surface area contributed by atoms with Gasteiger partial charge in [-0.05, 0) is 72.4 Å². The average Bonchev–Trinajstić information content (AvgIpc) is 3.39. The minimum Gasteiger partial charge on any atom is -0.467 e. The van der Waals surface area contributed by atoms with E-state index in [4.69, 9.17) is 9.41 Å². The standard InChI is InChI=1S/C26H29BrN2O2S/c1-16-7-8-17(12-21(16)27)14-29-25-23(24(30)28-15-19-6-5-11-31-19)20-10-9-18(26(2,3)4)13-22(20)32-25/h5-8,11-12,14,18H,9-10,13,15H2,1-4H3,(H,28,30)/t18-/m1/s1. The van der Waals surface area contributed by atoms with E-state index in [-0.39, 0.29) is 11.3 Å². The van der Waals surface area contributed by atoms with Crippen LogP contribution in [0, 0.1) is 18.3 Å². The molecule has 0 saturated carbocycles. The number of hydrogen-bond acceptors (Lipinski definition) is 4. The van der Waals surface area contributed by atoms with Crippen LogP contribution in [-0.4, -0.2) is 12.1 Å². The Labute approximate surface area is 202 Å². The number of fused-ring (bicyclic) bond motifs is 1. The van der Waals surface area contributed by atoms with Crippen LogP contribution < -0.4 is 5.32 Å². The Balaban J connectivity index is 1.66. The van der Waals surface area contributed by atoms with Crippen molar-refractivity contribution in [3.8, 4) is 0 Å². The van der Waals surface area contributed by atoms with Crippen LogP contribution in [0.5, 0.6) is 0 Å². The van der Waals surface area contributed by atoms with Gasteiger partial charge in [0.25, 0.3) is 5.91 Å². The number of hydrogen-bond donors (Lipinski definition) is 1. The normalized spacial score (nSPS) is 16.3. The van der Waals surface area contributed by atoms with Crippen molar-refractivity contribution in [3.63, 3.8) is 0 Å². The van der Waals surface area contributed by atoms with Crippen LogP contribution in [0.3, 0.4) is 0 Å². The van der Waals surface area contributed by atoms with E-state index in [0.717, 1.165) is 45.6 Å². The average molecular weight is 514 g/mol. The molecule has 0 saturated heterocycles. The third-order valence-corrected chi connectivity index (χ3v) is 8.25. The van der Waals surface area contributed by atoms with Crippen molar-refractivity contribution in [2.24, 2.45) is 16.3 Å². The summed E-state index contributed by atoms with van der Waals surface area (Å²) in [4.78, 5) is 19.4.